The van der Waals surface area contributed by atoms with Gasteiger partial charge >= 0.3 is 6.03 Å². The maximum atomic E-state index is 10.9. The van der Waals surface area contributed by atoms with Crippen molar-refractivity contribution in [1.29, 1.82) is 0 Å². The number of hydrogen-bond acceptors (Lipinski definition) is 1. The van der Waals surface area contributed by atoms with E-state index >= 15 is 0 Å². The molecule has 0 spiro atoms. The average Bonchev–Trinajstić information content (AvgIpc) is 2.03. The topological polar surface area (TPSA) is 32.3 Å². The molecule has 68 valence electrons. The molecule has 0 bridgehead atoms. The first kappa shape index (κ1) is 10.8. The first-order valence-electron chi connectivity index (χ1n) is 3.98. The van der Waals surface area contributed by atoms with Crippen LogP contribution in [0.15, 0.2) is 24.4 Å². The van der Waals surface area contributed by atoms with Crippen molar-refractivity contribution in [2.45, 2.75) is 13.3 Å². The summed E-state index contributed by atoms with van der Waals surface area (Å²) in [5.74, 6) is 0. The van der Waals surface area contributed by atoms with Gasteiger partial charge in [0.25, 0.3) is 0 Å². The first-order valence-corrected chi connectivity index (χ1v) is 3.98. The predicted octanol–water partition coefficient (Wildman–Crippen LogP) is 1.74. The van der Waals surface area contributed by atoms with Crippen LogP contribution in [0.4, 0.5) is 4.79 Å². The molecule has 0 aliphatic carbocycles. The molecule has 0 fully saturated rings. The number of carbonyl (C=O) groups is 1. The number of hydrogen-bond donors (Lipinski definition) is 1. The van der Waals surface area contributed by atoms with Gasteiger partial charge in [-0.3, -0.25) is 0 Å². The molecule has 0 atom stereocenters. The molecule has 0 heterocycles. The van der Waals surface area contributed by atoms with Crippen LogP contribution in [-0.2, 0) is 0 Å². The van der Waals surface area contributed by atoms with Gasteiger partial charge in [0, 0.05) is 20.3 Å². The Morgan fingerprint density at radius 1 is 1.42 bits per heavy atom. The maximum absolute atomic E-state index is 10.9. The van der Waals surface area contributed by atoms with E-state index in [9.17, 15) is 4.79 Å². The summed E-state index contributed by atoms with van der Waals surface area (Å²) in [5.41, 5.74) is 0. The summed E-state index contributed by atoms with van der Waals surface area (Å²) >= 11 is 0. The Morgan fingerprint density at radius 2 is 2.08 bits per heavy atom. The number of urea groups is 1. The summed E-state index contributed by atoms with van der Waals surface area (Å²) in [5, 5.41) is 2.60. The highest BCUT2D eigenvalue weighted by Crippen LogP contribution is 1.81. The van der Waals surface area contributed by atoms with Gasteiger partial charge in [0.05, 0.1) is 0 Å². The molecule has 0 aliphatic rings. The maximum Gasteiger partial charge on any atom is 0.320 e. The Labute approximate surface area is 73.8 Å². The zero-order valence-electron chi connectivity index (χ0n) is 7.87. The van der Waals surface area contributed by atoms with Crippen LogP contribution in [0.5, 0.6) is 0 Å². The number of rotatable bonds is 3. The van der Waals surface area contributed by atoms with Crippen LogP contribution in [0.3, 0.4) is 0 Å². The second-order valence-corrected chi connectivity index (χ2v) is 2.54. The van der Waals surface area contributed by atoms with E-state index in [1.54, 1.807) is 26.4 Å². The highest BCUT2D eigenvalue weighted by molar-refractivity contribution is 5.74. The molecule has 0 unspecified atom stereocenters. The van der Waals surface area contributed by atoms with Crippen molar-refractivity contribution < 1.29 is 4.79 Å². The normalized spacial score (nSPS) is 10.9. The predicted molar refractivity (Wildman–Crippen MR) is 50.8 cm³/mol. The van der Waals surface area contributed by atoms with Gasteiger partial charge in [0.2, 0.25) is 0 Å². The minimum Gasteiger partial charge on any atom is -0.331 e. The average molecular weight is 168 g/mol. The fourth-order valence-corrected chi connectivity index (χ4v) is 0.519. The minimum atomic E-state index is -0.115. The van der Waals surface area contributed by atoms with Crippen molar-refractivity contribution in [2.24, 2.45) is 0 Å². The zero-order chi connectivity index (χ0) is 9.40. The Bertz CT molecular complexity index is 183. The van der Waals surface area contributed by atoms with E-state index in [1.807, 2.05) is 12.2 Å². The van der Waals surface area contributed by atoms with Gasteiger partial charge in [-0.15, -0.1) is 0 Å². The molecule has 0 aromatic heterocycles. The summed E-state index contributed by atoms with van der Waals surface area (Å²) in [4.78, 5) is 12.4. The lowest BCUT2D eigenvalue weighted by Gasteiger charge is -2.07. The largest absolute Gasteiger partial charge is 0.331 e. The third-order valence-corrected chi connectivity index (χ3v) is 1.19. The van der Waals surface area contributed by atoms with E-state index in [-0.39, 0.29) is 6.03 Å². The standard InChI is InChI=1S/C9H16N2O/c1-4-5-6-7-8-10-9(12)11(2)3/h5-8H,4H2,1-3H3,(H,10,12)/b6-5+,8-7+. The van der Waals surface area contributed by atoms with Crippen molar-refractivity contribution >= 4 is 6.03 Å². The van der Waals surface area contributed by atoms with Crippen molar-refractivity contribution in [2.75, 3.05) is 14.1 Å². The molecular formula is C9H16N2O. The number of amides is 2. The molecule has 0 aromatic rings. The second-order valence-electron chi connectivity index (χ2n) is 2.54. The van der Waals surface area contributed by atoms with E-state index in [0.717, 1.165) is 6.42 Å². The van der Waals surface area contributed by atoms with Gasteiger partial charge < -0.3 is 10.2 Å². The molecule has 0 saturated carbocycles. The van der Waals surface area contributed by atoms with E-state index in [4.69, 9.17) is 0 Å². The van der Waals surface area contributed by atoms with Gasteiger partial charge in [0.15, 0.2) is 0 Å². The van der Waals surface area contributed by atoms with Crippen LogP contribution < -0.4 is 5.32 Å². The lowest BCUT2D eigenvalue weighted by atomic mass is 10.4. The third-order valence-electron chi connectivity index (χ3n) is 1.19. The minimum absolute atomic E-state index is 0.115. The van der Waals surface area contributed by atoms with Crippen LogP contribution in [0.25, 0.3) is 0 Å². The van der Waals surface area contributed by atoms with E-state index < -0.39 is 0 Å². The quantitative estimate of drug-likeness (QED) is 0.639. The molecule has 0 saturated heterocycles. The molecule has 0 aromatic carbocycles. The van der Waals surface area contributed by atoms with Crippen LogP contribution in [-0.4, -0.2) is 25.0 Å². The summed E-state index contributed by atoms with van der Waals surface area (Å²) in [6.07, 6.45) is 8.33. The Balaban J connectivity index is 3.60. The fraction of sp³-hybridized carbons (Fsp3) is 0.444. The van der Waals surface area contributed by atoms with Crippen molar-refractivity contribution in [3.05, 3.63) is 24.4 Å². The van der Waals surface area contributed by atoms with Gasteiger partial charge in [-0.2, -0.15) is 0 Å². The van der Waals surface area contributed by atoms with Gasteiger partial charge in [-0.05, 0) is 12.5 Å². The molecule has 1 N–H and O–H groups in total. The van der Waals surface area contributed by atoms with Gasteiger partial charge in [-0.1, -0.05) is 19.1 Å². The van der Waals surface area contributed by atoms with Crippen molar-refractivity contribution in [3.8, 4) is 0 Å². The molecule has 0 rings (SSSR count). The van der Waals surface area contributed by atoms with Crippen LogP contribution in [0.2, 0.25) is 0 Å². The van der Waals surface area contributed by atoms with E-state index in [2.05, 4.69) is 12.2 Å². The first-order chi connectivity index (χ1) is 5.68. The molecule has 3 heteroatoms. The van der Waals surface area contributed by atoms with Crippen LogP contribution in [0, 0.1) is 0 Å². The highest BCUT2D eigenvalue weighted by Gasteiger charge is 1.96. The lowest BCUT2D eigenvalue weighted by Crippen LogP contribution is -2.30. The zero-order valence-corrected chi connectivity index (χ0v) is 7.87. The monoisotopic (exact) mass is 168 g/mol. The molecule has 0 radical (unpaired) electrons. The van der Waals surface area contributed by atoms with Crippen LogP contribution in [0.1, 0.15) is 13.3 Å². The summed E-state index contributed by atoms with van der Waals surface area (Å²) in [6, 6.07) is -0.115. The number of nitrogens with zero attached hydrogens (tertiary/aromatic N) is 1. The number of allylic oxidation sites excluding steroid dienone is 3. The Morgan fingerprint density at radius 3 is 2.58 bits per heavy atom. The Kier molecular flexibility index (Phi) is 5.79. The van der Waals surface area contributed by atoms with Crippen molar-refractivity contribution in [3.63, 3.8) is 0 Å². The smallest absolute Gasteiger partial charge is 0.320 e. The summed E-state index contributed by atoms with van der Waals surface area (Å²) in [7, 11) is 3.40. The van der Waals surface area contributed by atoms with Gasteiger partial charge in [0.1, 0.15) is 0 Å². The highest BCUT2D eigenvalue weighted by atomic mass is 16.2. The molecule has 12 heavy (non-hydrogen) atoms. The third kappa shape index (κ3) is 5.53. The SMILES string of the molecule is CC/C=C/C=C/NC(=O)N(C)C. The second kappa shape index (κ2) is 6.46. The van der Waals surface area contributed by atoms with E-state index in [0.29, 0.717) is 0 Å². The summed E-state index contributed by atoms with van der Waals surface area (Å²) in [6.45, 7) is 2.06. The fourth-order valence-electron chi connectivity index (χ4n) is 0.519. The molecule has 0 aliphatic heterocycles. The molecular weight excluding hydrogens is 152 g/mol. The lowest BCUT2D eigenvalue weighted by molar-refractivity contribution is 0.221. The van der Waals surface area contributed by atoms with Gasteiger partial charge in [-0.25, -0.2) is 4.79 Å². The van der Waals surface area contributed by atoms with Crippen molar-refractivity contribution in [1.82, 2.24) is 10.2 Å². The molecule has 3 nitrogen and oxygen atoms in total. The number of carbonyl (C=O) groups excluding carboxylic acids is 1. The summed E-state index contributed by atoms with van der Waals surface area (Å²) < 4.78 is 0. The van der Waals surface area contributed by atoms with E-state index in [1.165, 1.54) is 4.90 Å². The van der Waals surface area contributed by atoms with Crippen LogP contribution >= 0.6 is 0 Å². The Hall–Kier alpha value is -1.25. The number of nitrogens with one attached hydrogen (secondary N) is 1. The molecule has 2 amide bonds.